The molecule has 5 nitrogen and oxygen atoms in total. The van der Waals surface area contributed by atoms with Crippen molar-refractivity contribution < 1.29 is 9.90 Å². The highest BCUT2D eigenvalue weighted by Crippen LogP contribution is 2.48. The van der Waals surface area contributed by atoms with Crippen molar-refractivity contribution in [3.63, 3.8) is 0 Å². The minimum atomic E-state index is -0.746. The van der Waals surface area contributed by atoms with E-state index >= 15 is 0 Å². The first kappa shape index (κ1) is 14.8. The van der Waals surface area contributed by atoms with Gasteiger partial charge in [0, 0.05) is 19.8 Å². The third kappa shape index (κ3) is 2.64. The number of aliphatic hydroxyl groups is 1. The van der Waals surface area contributed by atoms with Crippen LogP contribution in [-0.2, 0) is 17.3 Å². The van der Waals surface area contributed by atoms with Gasteiger partial charge in [-0.05, 0) is 31.4 Å². The van der Waals surface area contributed by atoms with Gasteiger partial charge in [-0.1, -0.05) is 29.8 Å². The lowest BCUT2D eigenvalue weighted by Crippen LogP contribution is -2.37. The van der Waals surface area contributed by atoms with E-state index < -0.39 is 11.5 Å². The molecule has 1 saturated carbocycles. The lowest BCUT2D eigenvalue weighted by atomic mass is 9.93. The normalized spacial score (nSPS) is 17.0. The standard InChI is InChI=1S/C17H21N3O2/c1-12-4-3-5-13(10-12)17(7-8-17)16(22)18-11-15(21)14-6-9-19-20(14)2/h3-6,9-10,15,21H,7-8,11H2,1-2H3,(H,18,22). The zero-order valence-electron chi connectivity index (χ0n) is 12.9. The van der Waals surface area contributed by atoms with Crippen molar-refractivity contribution in [2.75, 3.05) is 6.54 Å². The van der Waals surface area contributed by atoms with Crippen LogP contribution in [0.2, 0.25) is 0 Å². The number of aromatic nitrogens is 2. The van der Waals surface area contributed by atoms with Gasteiger partial charge in [-0.3, -0.25) is 9.48 Å². The summed E-state index contributed by atoms with van der Waals surface area (Å²) < 4.78 is 1.62. The van der Waals surface area contributed by atoms with Gasteiger partial charge in [0.1, 0.15) is 6.10 Å². The molecule has 1 aromatic heterocycles. The third-order valence-corrected chi connectivity index (χ3v) is 4.41. The van der Waals surface area contributed by atoms with Crippen molar-refractivity contribution in [1.82, 2.24) is 15.1 Å². The molecule has 116 valence electrons. The summed E-state index contributed by atoms with van der Waals surface area (Å²) >= 11 is 0. The predicted octanol–water partition coefficient (Wildman–Crippen LogP) is 1.61. The molecule has 0 bridgehead atoms. The molecule has 1 aliphatic rings. The van der Waals surface area contributed by atoms with E-state index in [1.54, 1.807) is 24.0 Å². The third-order valence-electron chi connectivity index (χ3n) is 4.41. The molecular weight excluding hydrogens is 278 g/mol. The summed E-state index contributed by atoms with van der Waals surface area (Å²) in [7, 11) is 1.77. The highest BCUT2D eigenvalue weighted by molar-refractivity contribution is 5.91. The van der Waals surface area contributed by atoms with Crippen molar-refractivity contribution >= 4 is 5.91 Å². The fourth-order valence-electron chi connectivity index (χ4n) is 2.89. The van der Waals surface area contributed by atoms with Gasteiger partial charge in [0.25, 0.3) is 0 Å². The van der Waals surface area contributed by atoms with Gasteiger partial charge in [-0.2, -0.15) is 5.10 Å². The van der Waals surface area contributed by atoms with Crippen molar-refractivity contribution in [1.29, 1.82) is 0 Å². The van der Waals surface area contributed by atoms with E-state index in [4.69, 9.17) is 0 Å². The lowest BCUT2D eigenvalue weighted by molar-refractivity contribution is -0.124. The maximum absolute atomic E-state index is 12.6. The Kier molecular flexibility index (Phi) is 3.74. The zero-order valence-corrected chi connectivity index (χ0v) is 12.9. The number of nitrogens with zero attached hydrogens (tertiary/aromatic N) is 2. The van der Waals surface area contributed by atoms with Crippen LogP contribution in [0.25, 0.3) is 0 Å². The zero-order chi connectivity index (χ0) is 15.7. The maximum Gasteiger partial charge on any atom is 0.230 e. The highest BCUT2D eigenvalue weighted by atomic mass is 16.3. The van der Waals surface area contributed by atoms with Crippen LogP contribution in [0.4, 0.5) is 0 Å². The molecule has 1 heterocycles. The molecule has 0 radical (unpaired) electrons. The molecule has 2 N–H and O–H groups in total. The number of carbonyl (C=O) groups is 1. The van der Waals surface area contributed by atoms with Crippen LogP contribution in [-0.4, -0.2) is 27.3 Å². The van der Waals surface area contributed by atoms with Gasteiger partial charge < -0.3 is 10.4 Å². The monoisotopic (exact) mass is 299 g/mol. The second-order valence-corrected chi connectivity index (χ2v) is 6.06. The number of benzene rings is 1. The number of carbonyl (C=O) groups excluding carboxylic acids is 1. The molecule has 0 aliphatic heterocycles. The second-order valence-electron chi connectivity index (χ2n) is 6.06. The fraction of sp³-hybridized carbons (Fsp3) is 0.412. The van der Waals surface area contributed by atoms with Crippen LogP contribution in [0.3, 0.4) is 0 Å². The van der Waals surface area contributed by atoms with E-state index in [-0.39, 0.29) is 12.5 Å². The summed E-state index contributed by atoms with van der Waals surface area (Å²) in [6.45, 7) is 2.23. The molecular formula is C17H21N3O2. The van der Waals surface area contributed by atoms with Crippen molar-refractivity contribution in [2.24, 2.45) is 7.05 Å². The SMILES string of the molecule is Cc1cccc(C2(C(=O)NCC(O)c3ccnn3C)CC2)c1. The van der Waals surface area contributed by atoms with Gasteiger partial charge in [0.2, 0.25) is 5.91 Å². The Balaban J connectivity index is 1.66. The quantitative estimate of drug-likeness (QED) is 0.881. The summed E-state index contributed by atoms with van der Waals surface area (Å²) in [6.07, 6.45) is 2.62. The Morgan fingerprint density at radius 2 is 2.23 bits per heavy atom. The minimum Gasteiger partial charge on any atom is -0.385 e. The summed E-state index contributed by atoms with van der Waals surface area (Å²) in [6, 6.07) is 9.86. The summed E-state index contributed by atoms with van der Waals surface area (Å²) in [4.78, 5) is 12.6. The Bertz CT molecular complexity index is 689. The lowest BCUT2D eigenvalue weighted by Gasteiger charge is -2.18. The highest BCUT2D eigenvalue weighted by Gasteiger charge is 2.51. The fourth-order valence-corrected chi connectivity index (χ4v) is 2.89. The Morgan fingerprint density at radius 1 is 1.45 bits per heavy atom. The van der Waals surface area contributed by atoms with Gasteiger partial charge >= 0.3 is 0 Å². The van der Waals surface area contributed by atoms with E-state index in [0.29, 0.717) is 5.69 Å². The van der Waals surface area contributed by atoms with E-state index in [0.717, 1.165) is 24.0 Å². The second kappa shape index (κ2) is 5.57. The number of nitrogens with one attached hydrogen (secondary N) is 1. The van der Waals surface area contributed by atoms with Crippen molar-refractivity contribution in [3.05, 3.63) is 53.3 Å². The van der Waals surface area contributed by atoms with E-state index in [2.05, 4.69) is 16.5 Å². The molecule has 0 saturated heterocycles. The number of aliphatic hydroxyl groups excluding tert-OH is 1. The number of rotatable bonds is 5. The number of hydrogen-bond donors (Lipinski definition) is 2. The molecule has 1 atom stereocenters. The van der Waals surface area contributed by atoms with Crippen molar-refractivity contribution in [3.8, 4) is 0 Å². The van der Waals surface area contributed by atoms with Gasteiger partial charge in [0.15, 0.2) is 0 Å². The molecule has 1 unspecified atom stereocenters. The van der Waals surface area contributed by atoms with Crippen LogP contribution in [0, 0.1) is 6.92 Å². The van der Waals surface area contributed by atoms with Gasteiger partial charge in [-0.15, -0.1) is 0 Å². The topological polar surface area (TPSA) is 67.2 Å². The molecule has 1 aromatic carbocycles. The molecule has 3 rings (SSSR count). The molecule has 5 heteroatoms. The molecule has 22 heavy (non-hydrogen) atoms. The van der Waals surface area contributed by atoms with Crippen LogP contribution < -0.4 is 5.32 Å². The van der Waals surface area contributed by atoms with Crippen LogP contribution in [0.1, 0.15) is 35.8 Å². The first-order valence-corrected chi connectivity index (χ1v) is 7.54. The van der Waals surface area contributed by atoms with Crippen LogP contribution in [0.15, 0.2) is 36.5 Å². The molecule has 2 aromatic rings. The Morgan fingerprint density at radius 3 is 2.82 bits per heavy atom. The largest absolute Gasteiger partial charge is 0.385 e. The summed E-state index contributed by atoms with van der Waals surface area (Å²) in [5.41, 5.74) is 2.52. The van der Waals surface area contributed by atoms with Crippen LogP contribution >= 0.6 is 0 Å². The smallest absolute Gasteiger partial charge is 0.230 e. The van der Waals surface area contributed by atoms with E-state index in [1.165, 1.54) is 0 Å². The minimum absolute atomic E-state index is 0.000631. The first-order valence-electron chi connectivity index (χ1n) is 7.54. The average molecular weight is 299 g/mol. The average Bonchev–Trinajstić information content (AvgIpc) is 3.21. The molecule has 0 spiro atoms. The number of aryl methyl sites for hydroxylation is 2. The maximum atomic E-state index is 12.6. The predicted molar refractivity (Wildman–Crippen MR) is 83.3 cm³/mol. The number of amides is 1. The van der Waals surface area contributed by atoms with Crippen LogP contribution in [0.5, 0.6) is 0 Å². The number of hydrogen-bond acceptors (Lipinski definition) is 3. The Labute approximate surface area is 130 Å². The summed E-state index contributed by atoms with van der Waals surface area (Å²) in [5, 5.41) is 17.1. The van der Waals surface area contributed by atoms with Crippen molar-refractivity contribution in [2.45, 2.75) is 31.3 Å². The molecule has 1 amide bonds. The molecule has 1 fully saturated rings. The van der Waals surface area contributed by atoms with E-state index in [1.807, 2.05) is 25.1 Å². The Hall–Kier alpha value is -2.14. The first-order chi connectivity index (χ1) is 10.5. The van der Waals surface area contributed by atoms with Gasteiger partial charge in [-0.25, -0.2) is 0 Å². The molecule has 1 aliphatic carbocycles. The summed E-state index contributed by atoms with van der Waals surface area (Å²) in [5.74, 6) is -0.000631. The van der Waals surface area contributed by atoms with Gasteiger partial charge in [0.05, 0.1) is 11.1 Å². The van der Waals surface area contributed by atoms with E-state index in [9.17, 15) is 9.90 Å².